The second-order valence-electron chi connectivity index (χ2n) is 2.27. The average Bonchev–Trinajstić information content (AvgIpc) is 2.07. The van der Waals surface area contributed by atoms with Gasteiger partial charge in [0.25, 0.3) is 0 Å². The maximum absolute atomic E-state index is 5.04. The number of H-pyrrole nitrogens is 1. The van der Waals surface area contributed by atoms with Crippen molar-refractivity contribution in [1.82, 2.24) is 4.98 Å². The Labute approximate surface area is 76.3 Å². The molecule has 66 valence electrons. The van der Waals surface area contributed by atoms with Crippen molar-refractivity contribution in [2.75, 3.05) is 14.2 Å². The summed E-state index contributed by atoms with van der Waals surface area (Å²) in [5.74, 6) is 0. The Kier molecular flexibility index (Phi) is 3.40. The minimum atomic E-state index is -0.368. The van der Waals surface area contributed by atoms with Gasteiger partial charge >= 0.3 is 0 Å². The van der Waals surface area contributed by atoms with Crippen molar-refractivity contribution in [3.8, 4) is 0 Å². The van der Waals surface area contributed by atoms with Gasteiger partial charge in [0.1, 0.15) is 4.64 Å². The van der Waals surface area contributed by atoms with E-state index in [0.29, 0.717) is 4.64 Å². The van der Waals surface area contributed by atoms with Gasteiger partial charge in [-0.3, -0.25) is 0 Å². The van der Waals surface area contributed by atoms with Crippen molar-refractivity contribution in [2.24, 2.45) is 0 Å². The zero-order valence-corrected chi connectivity index (χ0v) is 7.85. The molecule has 0 aliphatic rings. The van der Waals surface area contributed by atoms with Gasteiger partial charge in [-0.05, 0) is 12.1 Å². The zero-order chi connectivity index (χ0) is 8.97. The molecule has 1 rings (SSSR count). The first-order valence-electron chi connectivity index (χ1n) is 3.52. The predicted octanol–water partition coefficient (Wildman–Crippen LogP) is 2.04. The molecule has 0 unspecified atom stereocenters. The number of methoxy groups -OCH3 is 2. The van der Waals surface area contributed by atoms with E-state index in [1.54, 1.807) is 20.3 Å². The number of nitrogens with one attached hydrogen (secondary N) is 1. The zero-order valence-electron chi connectivity index (χ0n) is 7.03. The van der Waals surface area contributed by atoms with E-state index in [9.17, 15) is 0 Å². The van der Waals surface area contributed by atoms with Crippen molar-refractivity contribution < 1.29 is 9.47 Å². The van der Waals surface area contributed by atoms with Crippen LogP contribution in [0.1, 0.15) is 12.0 Å². The molecule has 1 aromatic heterocycles. The summed E-state index contributed by atoms with van der Waals surface area (Å²) in [5.41, 5.74) is 0.826. The summed E-state index contributed by atoms with van der Waals surface area (Å²) in [5, 5.41) is 0. The predicted molar refractivity (Wildman–Crippen MR) is 48.4 cm³/mol. The lowest BCUT2D eigenvalue weighted by molar-refractivity contribution is -0.108. The fourth-order valence-corrected chi connectivity index (χ4v) is 1.15. The second kappa shape index (κ2) is 4.35. The second-order valence-corrected chi connectivity index (χ2v) is 2.71. The molecule has 0 amide bonds. The number of aromatic amines is 1. The van der Waals surface area contributed by atoms with Crippen LogP contribution in [0.3, 0.4) is 0 Å². The van der Waals surface area contributed by atoms with Crippen molar-refractivity contribution in [1.29, 1.82) is 0 Å². The molecule has 12 heavy (non-hydrogen) atoms. The van der Waals surface area contributed by atoms with Crippen LogP contribution in [0.15, 0.2) is 18.2 Å². The number of aromatic nitrogens is 1. The fraction of sp³-hybridized carbons (Fsp3) is 0.375. The van der Waals surface area contributed by atoms with Crippen LogP contribution in [0.4, 0.5) is 0 Å². The number of ether oxygens (including phenoxy) is 2. The lowest BCUT2D eigenvalue weighted by Crippen LogP contribution is -2.05. The van der Waals surface area contributed by atoms with Gasteiger partial charge in [0.05, 0.1) is 5.69 Å². The standard InChI is InChI=1S/C8H11NO2S/c1-10-8(11-2)6-4-3-5-7(12)9-6/h3-5,8H,1-2H3,(H,9,12). The van der Waals surface area contributed by atoms with Crippen molar-refractivity contribution in [2.45, 2.75) is 6.29 Å². The molecule has 0 bridgehead atoms. The largest absolute Gasteiger partial charge is 0.350 e. The molecule has 0 aliphatic heterocycles. The maximum atomic E-state index is 5.04. The Balaban J connectivity index is 2.93. The normalized spacial score (nSPS) is 10.6. The molecule has 0 saturated heterocycles. The minimum Gasteiger partial charge on any atom is -0.350 e. The van der Waals surface area contributed by atoms with Crippen LogP contribution in [0.2, 0.25) is 0 Å². The van der Waals surface area contributed by atoms with Crippen LogP contribution in [-0.4, -0.2) is 19.2 Å². The third-order valence-corrected chi connectivity index (χ3v) is 1.71. The molecule has 0 aliphatic carbocycles. The Morgan fingerprint density at radius 2 is 2.00 bits per heavy atom. The quantitative estimate of drug-likeness (QED) is 0.578. The smallest absolute Gasteiger partial charge is 0.198 e. The number of hydrogen-bond acceptors (Lipinski definition) is 3. The summed E-state index contributed by atoms with van der Waals surface area (Å²) in [4.78, 5) is 2.97. The van der Waals surface area contributed by atoms with E-state index >= 15 is 0 Å². The summed E-state index contributed by atoms with van der Waals surface area (Å²) < 4.78 is 10.8. The first-order valence-corrected chi connectivity index (χ1v) is 3.93. The Hall–Kier alpha value is -0.710. The van der Waals surface area contributed by atoms with Crippen LogP contribution < -0.4 is 0 Å². The molecule has 0 radical (unpaired) electrons. The van der Waals surface area contributed by atoms with E-state index in [4.69, 9.17) is 21.7 Å². The van der Waals surface area contributed by atoms with Crippen LogP contribution in [0, 0.1) is 4.64 Å². The molecule has 1 heterocycles. The highest BCUT2D eigenvalue weighted by molar-refractivity contribution is 7.71. The van der Waals surface area contributed by atoms with E-state index in [1.807, 2.05) is 12.1 Å². The lowest BCUT2D eigenvalue weighted by Gasteiger charge is -2.12. The topological polar surface area (TPSA) is 34.2 Å². The van der Waals surface area contributed by atoms with Gasteiger partial charge in [-0.25, -0.2) is 0 Å². The van der Waals surface area contributed by atoms with Crippen molar-refractivity contribution >= 4 is 12.2 Å². The third kappa shape index (κ3) is 2.14. The molecule has 0 fully saturated rings. The van der Waals surface area contributed by atoms with E-state index in [-0.39, 0.29) is 6.29 Å². The van der Waals surface area contributed by atoms with Crippen LogP contribution >= 0.6 is 12.2 Å². The molecule has 0 atom stereocenters. The summed E-state index contributed by atoms with van der Waals surface area (Å²) in [6.07, 6.45) is -0.368. The minimum absolute atomic E-state index is 0.368. The summed E-state index contributed by atoms with van der Waals surface area (Å²) >= 11 is 4.95. The molecular formula is C8H11NO2S. The molecule has 0 aromatic carbocycles. The van der Waals surface area contributed by atoms with Gasteiger partial charge in [0.2, 0.25) is 0 Å². The van der Waals surface area contributed by atoms with Crippen LogP contribution in [0.5, 0.6) is 0 Å². The highest BCUT2D eigenvalue weighted by atomic mass is 32.1. The molecule has 4 heteroatoms. The van der Waals surface area contributed by atoms with Crippen molar-refractivity contribution in [3.63, 3.8) is 0 Å². The maximum Gasteiger partial charge on any atom is 0.198 e. The van der Waals surface area contributed by atoms with Gasteiger partial charge in [-0.1, -0.05) is 18.3 Å². The molecule has 3 nitrogen and oxygen atoms in total. The summed E-state index contributed by atoms with van der Waals surface area (Å²) in [6.45, 7) is 0. The van der Waals surface area contributed by atoms with E-state index in [0.717, 1.165) is 5.69 Å². The number of pyridine rings is 1. The van der Waals surface area contributed by atoms with Gasteiger partial charge in [-0.15, -0.1) is 0 Å². The summed E-state index contributed by atoms with van der Waals surface area (Å²) in [6, 6.07) is 5.54. The van der Waals surface area contributed by atoms with Gasteiger partial charge < -0.3 is 14.5 Å². The number of hydrogen-bond donors (Lipinski definition) is 1. The highest BCUT2D eigenvalue weighted by Crippen LogP contribution is 2.13. The highest BCUT2D eigenvalue weighted by Gasteiger charge is 2.07. The van der Waals surface area contributed by atoms with E-state index in [1.165, 1.54) is 0 Å². The van der Waals surface area contributed by atoms with Gasteiger partial charge in [0, 0.05) is 14.2 Å². The molecule has 1 N–H and O–H groups in total. The third-order valence-electron chi connectivity index (χ3n) is 1.47. The Morgan fingerprint density at radius 3 is 2.50 bits per heavy atom. The van der Waals surface area contributed by atoms with Crippen LogP contribution in [-0.2, 0) is 9.47 Å². The van der Waals surface area contributed by atoms with E-state index in [2.05, 4.69) is 4.98 Å². The SMILES string of the molecule is COC(OC)c1cccc(=S)[nH]1. The van der Waals surface area contributed by atoms with Gasteiger partial charge in [-0.2, -0.15) is 0 Å². The number of rotatable bonds is 3. The van der Waals surface area contributed by atoms with E-state index < -0.39 is 0 Å². The average molecular weight is 185 g/mol. The first-order chi connectivity index (χ1) is 5.77. The summed E-state index contributed by atoms with van der Waals surface area (Å²) in [7, 11) is 3.16. The first kappa shape index (κ1) is 9.38. The molecule has 0 saturated carbocycles. The fourth-order valence-electron chi connectivity index (χ4n) is 0.952. The lowest BCUT2D eigenvalue weighted by atomic mass is 10.3. The monoisotopic (exact) mass is 185 g/mol. The Morgan fingerprint density at radius 1 is 1.33 bits per heavy atom. The molecular weight excluding hydrogens is 174 g/mol. The molecule has 0 spiro atoms. The van der Waals surface area contributed by atoms with Crippen molar-refractivity contribution in [3.05, 3.63) is 28.5 Å². The van der Waals surface area contributed by atoms with Crippen LogP contribution in [0.25, 0.3) is 0 Å². The Bertz CT molecular complexity index is 293. The molecule has 1 aromatic rings. The van der Waals surface area contributed by atoms with Gasteiger partial charge in [0.15, 0.2) is 6.29 Å².